The van der Waals surface area contributed by atoms with E-state index in [1.54, 1.807) is 6.07 Å². The van der Waals surface area contributed by atoms with Crippen LogP contribution in [0.5, 0.6) is 23.0 Å². The molecule has 2 aromatic carbocycles. The van der Waals surface area contributed by atoms with Crippen LogP contribution in [0.3, 0.4) is 0 Å². The van der Waals surface area contributed by atoms with Gasteiger partial charge in [-0.2, -0.15) is 0 Å². The third-order valence-electron chi connectivity index (χ3n) is 5.34. The first-order valence-corrected chi connectivity index (χ1v) is 10.9. The van der Waals surface area contributed by atoms with Crippen molar-refractivity contribution in [3.05, 3.63) is 59.7 Å². The molecule has 1 heterocycles. The molecule has 0 spiro atoms. The first kappa shape index (κ1) is 27.5. The van der Waals surface area contributed by atoms with Crippen LogP contribution >= 0.6 is 0 Å². The molecule has 1 fully saturated rings. The fraction of sp³-hybridized carbons (Fsp3) is 0.280. The lowest BCUT2D eigenvalue weighted by Gasteiger charge is -2.40. The number of phenolic OH excluding ortho intramolecular Hbond substituents is 2. The third-order valence-corrected chi connectivity index (χ3v) is 5.34. The Morgan fingerprint density at radius 2 is 1.70 bits per heavy atom. The van der Waals surface area contributed by atoms with Gasteiger partial charge in [0.15, 0.2) is 11.5 Å². The molecule has 5 atom stereocenters. The SMILES string of the molecule is COc1ccc(/C=C\C(=O)O)c(OC2OC(COC(=O)/C=C/c3ccc(O)c(O)c3)C(O)C(O)C2O)c1. The number of carbonyl (C=O) groups excluding carboxylic acids is 1. The monoisotopic (exact) mass is 518 g/mol. The summed E-state index contributed by atoms with van der Waals surface area (Å²) in [6, 6.07) is 8.39. The second kappa shape index (κ2) is 12.2. The summed E-state index contributed by atoms with van der Waals surface area (Å²) < 4.78 is 21.5. The van der Waals surface area contributed by atoms with Gasteiger partial charge in [-0.05, 0) is 42.0 Å². The van der Waals surface area contributed by atoms with Gasteiger partial charge in [0.2, 0.25) is 6.29 Å². The molecule has 0 saturated carbocycles. The lowest BCUT2D eigenvalue weighted by Crippen LogP contribution is -2.60. The summed E-state index contributed by atoms with van der Waals surface area (Å²) in [6.07, 6.45) is -3.39. The van der Waals surface area contributed by atoms with Crippen LogP contribution in [0.25, 0.3) is 12.2 Å². The fourth-order valence-electron chi connectivity index (χ4n) is 3.34. The van der Waals surface area contributed by atoms with Crippen LogP contribution in [0.15, 0.2) is 48.6 Å². The summed E-state index contributed by atoms with van der Waals surface area (Å²) >= 11 is 0. The quantitative estimate of drug-likeness (QED) is 0.154. The van der Waals surface area contributed by atoms with E-state index in [2.05, 4.69) is 0 Å². The second-order valence-corrected chi connectivity index (χ2v) is 7.92. The van der Waals surface area contributed by atoms with Crippen molar-refractivity contribution in [2.45, 2.75) is 30.7 Å². The van der Waals surface area contributed by atoms with E-state index in [1.807, 2.05) is 0 Å². The van der Waals surface area contributed by atoms with Crippen molar-refractivity contribution in [3.8, 4) is 23.0 Å². The van der Waals surface area contributed by atoms with Crippen LogP contribution in [-0.2, 0) is 19.1 Å². The Balaban J connectivity index is 1.69. The molecule has 37 heavy (non-hydrogen) atoms. The van der Waals surface area contributed by atoms with E-state index in [1.165, 1.54) is 49.6 Å². The average molecular weight is 518 g/mol. The van der Waals surface area contributed by atoms with Gasteiger partial charge >= 0.3 is 11.9 Å². The van der Waals surface area contributed by atoms with E-state index in [9.17, 15) is 35.1 Å². The number of aliphatic hydroxyl groups excluding tert-OH is 3. The molecular weight excluding hydrogens is 492 g/mol. The number of rotatable bonds is 9. The van der Waals surface area contributed by atoms with Crippen LogP contribution in [0.4, 0.5) is 0 Å². The molecule has 6 N–H and O–H groups in total. The standard InChI is InChI=1S/C25H26O12/c1-34-15-6-4-14(5-8-20(28)29)18(11-15)36-25-24(33)23(32)22(31)19(37-25)12-35-21(30)9-3-13-2-7-16(26)17(27)10-13/h2-11,19,22-27,31-33H,12H2,1H3,(H,28,29)/b8-5-,9-3+. The summed E-state index contributed by atoms with van der Waals surface area (Å²) in [5, 5.41) is 58.8. The summed E-state index contributed by atoms with van der Waals surface area (Å²) in [5.74, 6) is -2.32. The van der Waals surface area contributed by atoms with Gasteiger partial charge in [0.25, 0.3) is 0 Å². The molecule has 12 heteroatoms. The first-order chi connectivity index (χ1) is 17.6. The Bertz CT molecular complexity index is 1170. The number of ether oxygens (including phenoxy) is 4. The molecular formula is C25H26O12. The zero-order valence-electron chi connectivity index (χ0n) is 19.5. The van der Waals surface area contributed by atoms with Crippen LogP contribution in [-0.4, -0.2) is 87.0 Å². The van der Waals surface area contributed by atoms with Gasteiger partial charge in [0.05, 0.1) is 7.11 Å². The van der Waals surface area contributed by atoms with E-state index < -0.39 is 49.3 Å². The molecule has 0 amide bonds. The van der Waals surface area contributed by atoms with Crippen LogP contribution in [0.1, 0.15) is 11.1 Å². The highest BCUT2D eigenvalue weighted by atomic mass is 16.7. The molecule has 5 unspecified atom stereocenters. The highest BCUT2D eigenvalue weighted by Crippen LogP contribution is 2.31. The highest BCUT2D eigenvalue weighted by molar-refractivity contribution is 5.87. The summed E-state index contributed by atoms with van der Waals surface area (Å²) in [4.78, 5) is 23.0. The molecule has 12 nitrogen and oxygen atoms in total. The maximum absolute atomic E-state index is 12.1. The minimum atomic E-state index is -1.72. The van der Waals surface area contributed by atoms with Gasteiger partial charge in [0, 0.05) is 23.8 Å². The van der Waals surface area contributed by atoms with Crippen molar-refractivity contribution < 1.29 is 59.2 Å². The largest absolute Gasteiger partial charge is 0.504 e. The summed E-state index contributed by atoms with van der Waals surface area (Å²) in [5.41, 5.74) is 0.701. The minimum absolute atomic E-state index is 0.0559. The number of carboxylic acid groups (broad SMARTS) is 1. The number of benzene rings is 2. The zero-order valence-corrected chi connectivity index (χ0v) is 19.5. The number of hydrogen-bond acceptors (Lipinski definition) is 11. The van der Waals surface area contributed by atoms with Crippen molar-refractivity contribution in [2.75, 3.05) is 13.7 Å². The molecule has 0 aromatic heterocycles. The molecule has 1 aliphatic rings. The number of hydrogen-bond donors (Lipinski definition) is 6. The molecule has 0 aliphatic carbocycles. The molecule has 2 aromatic rings. The van der Waals surface area contributed by atoms with Gasteiger partial charge in [-0.1, -0.05) is 6.07 Å². The highest BCUT2D eigenvalue weighted by Gasteiger charge is 2.45. The van der Waals surface area contributed by atoms with E-state index in [0.717, 1.165) is 12.2 Å². The zero-order chi connectivity index (χ0) is 27.1. The van der Waals surface area contributed by atoms with Crippen molar-refractivity contribution in [1.82, 2.24) is 0 Å². The summed E-state index contributed by atoms with van der Waals surface area (Å²) in [7, 11) is 1.40. The maximum atomic E-state index is 12.1. The van der Waals surface area contributed by atoms with Gasteiger partial charge in [-0.25, -0.2) is 9.59 Å². The van der Waals surface area contributed by atoms with E-state index in [4.69, 9.17) is 24.1 Å². The molecule has 0 radical (unpaired) electrons. The molecule has 3 rings (SSSR count). The van der Waals surface area contributed by atoms with Crippen molar-refractivity contribution in [2.24, 2.45) is 0 Å². The van der Waals surface area contributed by atoms with Gasteiger partial charge in [0.1, 0.15) is 42.5 Å². The van der Waals surface area contributed by atoms with Gasteiger partial charge in [-0.15, -0.1) is 0 Å². The van der Waals surface area contributed by atoms with E-state index >= 15 is 0 Å². The number of carbonyl (C=O) groups is 2. The number of aliphatic carboxylic acids is 1. The van der Waals surface area contributed by atoms with Crippen molar-refractivity contribution in [3.63, 3.8) is 0 Å². The van der Waals surface area contributed by atoms with E-state index in [-0.39, 0.29) is 17.2 Å². The Labute approximate surface area is 210 Å². The number of aliphatic hydroxyl groups is 3. The molecule has 198 valence electrons. The average Bonchev–Trinajstić information content (AvgIpc) is 2.87. The smallest absolute Gasteiger partial charge is 0.330 e. The normalized spacial score (nSPS) is 23.7. The van der Waals surface area contributed by atoms with Crippen molar-refractivity contribution in [1.29, 1.82) is 0 Å². The number of aromatic hydroxyl groups is 2. The van der Waals surface area contributed by atoms with Crippen LogP contribution in [0.2, 0.25) is 0 Å². The molecule has 1 aliphatic heterocycles. The van der Waals surface area contributed by atoms with Crippen molar-refractivity contribution >= 4 is 24.1 Å². The number of phenols is 2. The number of esters is 1. The molecule has 1 saturated heterocycles. The van der Waals surface area contributed by atoms with Gasteiger partial charge < -0.3 is 49.6 Å². The Morgan fingerprint density at radius 1 is 0.946 bits per heavy atom. The predicted molar refractivity (Wildman–Crippen MR) is 127 cm³/mol. The fourth-order valence-corrected chi connectivity index (χ4v) is 3.34. The number of carboxylic acids is 1. The number of methoxy groups -OCH3 is 1. The van der Waals surface area contributed by atoms with Crippen LogP contribution in [0, 0.1) is 0 Å². The Morgan fingerprint density at radius 3 is 2.38 bits per heavy atom. The van der Waals surface area contributed by atoms with Crippen LogP contribution < -0.4 is 9.47 Å². The minimum Gasteiger partial charge on any atom is -0.504 e. The molecule has 0 bridgehead atoms. The van der Waals surface area contributed by atoms with Gasteiger partial charge in [-0.3, -0.25) is 0 Å². The topological polar surface area (TPSA) is 192 Å². The Hall–Kier alpha value is -4.10. The maximum Gasteiger partial charge on any atom is 0.330 e. The lowest BCUT2D eigenvalue weighted by molar-refractivity contribution is -0.278. The summed E-state index contributed by atoms with van der Waals surface area (Å²) in [6.45, 7) is -0.515. The lowest BCUT2D eigenvalue weighted by atomic mass is 9.99. The van der Waals surface area contributed by atoms with E-state index in [0.29, 0.717) is 16.9 Å². The third kappa shape index (κ3) is 7.21. The second-order valence-electron chi connectivity index (χ2n) is 7.92. The first-order valence-electron chi connectivity index (χ1n) is 10.9. The predicted octanol–water partition coefficient (Wildman–Crippen LogP) is 0.647. The Kier molecular flexibility index (Phi) is 9.09.